The van der Waals surface area contributed by atoms with Crippen LogP contribution >= 0.6 is 0 Å². The van der Waals surface area contributed by atoms with Gasteiger partial charge in [-0.2, -0.15) is 0 Å². The number of benzene rings is 4. The van der Waals surface area contributed by atoms with E-state index < -0.39 is 47.3 Å². The predicted octanol–water partition coefficient (Wildman–Crippen LogP) is 3.91. The van der Waals surface area contributed by atoms with E-state index in [1.807, 2.05) is 72.8 Å². The van der Waals surface area contributed by atoms with Gasteiger partial charge in [0.15, 0.2) is 6.29 Å². The van der Waals surface area contributed by atoms with Gasteiger partial charge in [-0.15, -0.1) is 0 Å². The van der Waals surface area contributed by atoms with E-state index in [1.54, 1.807) is 0 Å². The molecule has 5 rings (SSSR count). The van der Waals surface area contributed by atoms with Crippen molar-refractivity contribution in [2.45, 2.75) is 82.3 Å². The number of aliphatic hydroxyl groups excluding tert-OH is 2. The zero-order chi connectivity index (χ0) is 33.2. The van der Waals surface area contributed by atoms with Gasteiger partial charge in [-0.3, -0.25) is 0 Å². The van der Waals surface area contributed by atoms with Gasteiger partial charge in [0, 0.05) is 0 Å². The highest BCUT2D eigenvalue weighted by Crippen LogP contribution is 2.40. The highest BCUT2D eigenvalue weighted by atomic mass is 28.4. The highest BCUT2D eigenvalue weighted by molar-refractivity contribution is 7.00. The molecule has 0 spiro atoms. The van der Waals surface area contributed by atoms with Crippen LogP contribution in [0.25, 0.3) is 0 Å². The summed E-state index contributed by atoms with van der Waals surface area (Å²) in [6, 6.07) is 40.2. The molecular formula is C38H49NO5Si2. The summed E-state index contributed by atoms with van der Waals surface area (Å²) in [7, 11) is -6.03. The minimum absolute atomic E-state index is 0.0544. The molecule has 46 heavy (non-hydrogen) atoms. The molecule has 1 aliphatic heterocycles. The van der Waals surface area contributed by atoms with Gasteiger partial charge in [-0.05, 0) is 30.8 Å². The minimum Gasteiger partial charge on any atom is -0.405 e. The lowest BCUT2D eigenvalue weighted by Gasteiger charge is -2.50. The SMILES string of the molecule is CC(C)(C)[Si](OC[C@H]1O[C@@H](O[Si](c2ccccc2)(c2ccccc2)C(C)(C)C)[C@H](N)[C@@H](O)[C@@H]1O)(c1ccccc1)c1ccccc1. The Morgan fingerprint density at radius 3 is 1.28 bits per heavy atom. The largest absolute Gasteiger partial charge is 0.405 e. The van der Waals surface area contributed by atoms with Crippen molar-refractivity contribution in [2.75, 3.05) is 6.61 Å². The molecule has 4 aromatic rings. The van der Waals surface area contributed by atoms with Crippen molar-refractivity contribution in [1.29, 1.82) is 0 Å². The number of nitrogens with two attached hydrogens (primary N) is 1. The van der Waals surface area contributed by atoms with Crippen LogP contribution in [0.1, 0.15) is 41.5 Å². The third kappa shape index (κ3) is 6.33. The quantitative estimate of drug-likeness (QED) is 0.237. The van der Waals surface area contributed by atoms with Gasteiger partial charge >= 0.3 is 0 Å². The van der Waals surface area contributed by atoms with E-state index in [9.17, 15) is 10.2 Å². The zero-order valence-corrected chi connectivity index (χ0v) is 29.8. The molecule has 244 valence electrons. The van der Waals surface area contributed by atoms with E-state index in [-0.39, 0.29) is 16.7 Å². The van der Waals surface area contributed by atoms with E-state index >= 15 is 0 Å². The first-order chi connectivity index (χ1) is 21.8. The molecule has 1 fully saturated rings. The standard InChI is InChI=1S/C38H49NO5Si2/c1-37(2,3)45(28-19-11-7-12-20-28,29-21-13-8-14-22-29)42-27-32-34(40)35(41)33(39)36(43-32)44-46(38(4,5)6,30-23-15-9-16-24-30)31-25-17-10-18-26-31/h7-26,32-36,40-41H,27,39H2,1-6H3/t32-,33-,34-,35-,36+/m1/s1. The second-order valence-electron chi connectivity index (χ2n) is 14.4. The number of aliphatic hydroxyl groups is 2. The fourth-order valence-corrected chi connectivity index (χ4v) is 16.2. The van der Waals surface area contributed by atoms with Gasteiger partial charge in [0.05, 0.1) is 12.6 Å². The Morgan fingerprint density at radius 1 is 0.587 bits per heavy atom. The molecule has 0 unspecified atom stereocenters. The summed E-state index contributed by atoms with van der Waals surface area (Å²) >= 11 is 0. The normalized spacial score (nSPS) is 22.8. The maximum Gasteiger partial charge on any atom is 0.264 e. The van der Waals surface area contributed by atoms with Crippen LogP contribution in [-0.2, 0) is 13.6 Å². The first-order valence-corrected chi connectivity index (χ1v) is 20.0. The molecule has 1 heterocycles. The molecule has 4 aromatic carbocycles. The molecule has 0 bridgehead atoms. The molecule has 0 aliphatic carbocycles. The molecule has 0 radical (unpaired) electrons. The Kier molecular flexibility index (Phi) is 10.2. The van der Waals surface area contributed by atoms with Crippen molar-refractivity contribution in [3.8, 4) is 0 Å². The maximum atomic E-state index is 11.4. The number of ether oxygens (including phenoxy) is 1. The van der Waals surface area contributed by atoms with Crippen molar-refractivity contribution in [1.82, 2.24) is 0 Å². The Balaban J connectivity index is 1.54. The summed E-state index contributed by atoms with van der Waals surface area (Å²) in [6.45, 7) is 13.2. The average Bonchev–Trinajstić information content (AvgIpc) is 3.05. The Bertz CT molecular complexity index is 1450. The lowest BCUT2D eigenvalue weighted by Crippen LogP contribution is -2.72. The summed E-state index contributed by atoms with van der Waals surface area (Å²) in [4.78, 5) is 0. The molecule has 6 nitrogen and oxygen atoms in total. The summed E-state index contributed by atoms with van der Waals surface area (Å²) in [5.74, 6) is 0. The summed E-state index contributed by atoms with van der Waals surface area (Å²) in [5, 5.41) is 26.6. The van der Waals surface area contributed by atoms with Gasteiger partial charge in [0.1, 0.15) is 18.3 Å². The van der Waals surface area contributed by atoms with Gasteiger partial charge in [0.25, 0.3) is 16.6 Å². The van der Waals surface area contributed by atoms with Crippen molar-refractivity contribution in [3.63, 3.8) is 0 Å². The molecule has 0 saturated carbocycles. The summed E-state index contributed by atoms with van der Waals surface area (Å²) in [5.41, 5.74) is 6.65. The van der Waals surface area contributed by atoms with E-state index in [0.717, 1.165) is 20.7 Å². The Morgan fingerprint density at radius 2 is 0.935 bits per heavy atom. The molecule has 1 saturated heterocycles. The van der Waals surface area contributed by atoms with Crippen molar-refractivity contribution >= 4 is 37.4 Å². The minimum atomic E-state index is -3.08. The fourth-order valence-electron chi connectivity index (χ4n) is 7.03. The summed E-state index contributed by atoms with van der Waals surface area (Å²) < 4.78 is 21.0. The van der Waals surface area contributed by atoms with E-state index in [2.05, 4.69) is 90.1 Å². The Labute approximate surface area is 276 Å². The van der Waals surface area contributed by atoms with Crippen LogP contribution in [0.4, 0.5) is 0 Å². The van der Waals surface area contributed by atoms with E-state index in [4.69, 9.17) is 19.3 Å². The van der Waals surface area contributed by atoms with Crippen LogP contribution in [0.2, 0.25) is 10.1 Å². The number of rotatable bonds is 9. The molecular weight excluding hydrogens is 607 g/mol. The van der Waals surface area contributed by atoms with Crippen LogP contribution in [0, 0.1) is 0 Å². The lowest BCUT2D eigenvalue weighted by atomic mass is 9.98. The second-order valence-corrected chi connectivity index (χ2v) is 22.9. The first kappa shape index (κ1) is 34.4. The Hall–Kier alpha value is -2.93. The van der Waals surface area contributed by atoms with Gasteiger partial charge in [-0.25, -0.2) is 0 Å². The molecule has 5 atom stereocenters. The van der Waals surface area contributed by atoms with E-state index in [0.29, 0.717) is 0 Å². The van der Waals surface area contributed by atoms with Gasteiger partial charge in [0.2, 0.25) is 0 Å². The lowest BCUT2D eigenvalue weighted by molar-refractivity contribution is -0.241. The molecule has 4 N–H and O–H groups in total. The van der Waals surface area contributed by atoms with Crippen molar-refractivity contribution in [2.24, 2.45) is 5.73 Å². The predicted molar refractivity (Wildman–Crippen MR) is 191 cm³/mol. The fraction of sp³-hybridized carbons (Fsp3) is 0.368. The molecule has 8 heteroatoms. The zero-order valence-electron chi connectivity index (χ0n) is 27.8. The maximum absolute atomic E-state index is 11.4. The average molecular weight is 656 g/mol. The van der Waals surface area contributed by atoms with Crippen LogP contribution in [0.3, 0.4) is 0 Å². The third-order valence-corrected chi connectivity index (χ3v) is 19.3. The third-order valence-electron chi connectivity index (χ3n) is 9.34. The van der Waals surface area contributed by atoms with Crippen LogP contribution in [0.15, 0.2) is 121 Å². The summed E-state index contributed by atoms with van der Waals surface area (Å²) in [6.07, 6.45) is -4.39. The van der Waals surface area contributed by atoms with Gasteiger partial charge in [-0.1, -0.05) is 163 Å². The number of hydrogen-bond acceptors (Lipinski definition) is 6. The molecule has 1 aliphatic rings. The number of hydrogen-bond donors (Lipinski definition) is 3. The first-order valence-electron chi connectivity index (χ1n) is 16.1. The van der Waals surface area contributed by atoms with Crippen molar-refractivity contribution < 1.29 is 23.8 Å². The van der Waals surface area contributed by atoms with Crippen LogP contribution in [-0.4, -0.2) is 64.1 Å². The van der Waals surface area contributed by atoms with E-state index in [1.165, 1.54) is 0 Å². The molecule has 0 amide bonds. The van der Waals surface area contributed by atoms with Crippen LogP contribution < -0.4 is 26.5 Å². The topological polar surface area (TPSA) is 94.2 Å². The van der Waals surface area contributed by atoms with Gasteiger partial charge < -0.3 is 29.5 Å². The molecule has 0 aromatic heterocycles. The van der Waals surface area contributed by atoms with Crippen LogP contribution in [0.5, 0.6) is 0 Å². The highest BCUT2D eigenvalue weighted by Gasteiger charge is 2.56. The van der Waals surface area contributed by atoms with Crippen molar-refractivity contribution in [3.05, 3.63) is 121 Å². The monoisotopic (exact) mass is 655 g/mol. The second kappa shape index (κ2) is 13.7. The smallest absolute Gasteiger partial charge is 0.264 e.